The van der Waals surface area contributed by atoms with Crippen LogP contribution in [0.25, 0.3) is 10.9 Å². The summed E-state index contributed by atoms with van der Waals surface area (Å²) in [4.78, 5) is 23.8. The number of carbonyl (C=O) groups is 2. The molecule has 24 heavy (non-hydrogen) atoms. The molecule has 0 saturated heterocycles. The van der Waals surface area contributed by atoms with Crippen molar-refractivity contribution in [2.24, 2.45) is 0 Å². The summed E-state index contributed by atoms with van der Waals surface area (Å²) in [5.41, 5.74) is 2.53. The van der Waals surface area contributed by atoms with Crippen LogP contribution in [0.15, 0.2) is 42.5 Å². The average Bonchev–Trinajstić information content (AvgIpc) is 2.87. The fourth-order valence-electron chi connectivity index (χ4n) is 2.35. The van der Waals surface area contributed by atoms with Gasteiger partial charge in [-0.05, 0) is 43.3 Å². The van der Waals surface area contributed by atoms with Gasteiger partial charge >= 0.3 is 0 Å². The average molecular weight is 326 g/mol. The van der Waals surface area contributed by atoms with Crippen LogP contribution in [0, 0.1) is 12.7 Å². The van der Waals surface area contributed by atoms with Crippen molar-refractivity contribution in [2.45, 2.75) is 13.3 Å². The third-order valence-corrected chi connectivity index (χ3v) is 3.46. The van der Waals surface area contributed by atoms with Gasteiger partial charge in [0.25, 0.3) is 0 Å². The minimum atomic E-state index is -0.519. The van der Waals surface area contributed by atoms with Crippen LogP contribution in [-0.4, -0.2) is 22.0 Å². The highest BCUT2D eigenvalue weighted by Gasteiger charge is 2.11. The highest BCUT2D eigenvalue weighted by molar-refractivity contribution is 6.08. The van der Waals surface area contributed by atoms with Gasteiger partial charge in [-0.2, -0.15) is 5.10 Å². The molecule has 0 saturated carbocycles. The number of aromatic amines is 1. The van der Waals surface area contributed by atoms with E-state index in [-0.39, 0.29) is 6.42 Å². The van der Waals surface area contributed by atoms with Crippen LogP contribution in [-0.2, 0) is 9.59 Å². The lowest BCUT2D eigenvalue weighted by molar-refractivity contribution is -0.123. The Morgan fingerprint density at radius 3 is 2.50 bits per heavy atom. The molecule has 0 radical (unpaired) electrons. The third-order valence-electron chi connectivity index (χ3n) is 3.46. The van der Waals surface area contributed by atoms with Crippen LogP contribution in [0.5, 0.6) is 0 Å². The Morgan fingerprint density at radius 2 is 1.79 bits per heavy atom. The number of aryl methyl sites for hydroxylation is 1. The number of amides is 2. The maximum atomic E-state index is 13.1. The lowest BCUT2D eigenvalue weighted by atomic mass is 10.2. The van der Waals surface area contributed by atoms with E-state index in [1.165, 1.54) is 18.2 Å². The first kappa shape index (κ1) is 15.7. The molecule has 2 aromatic carbocycles. The third kappa shape index (κ3) is 3.57. The number of halogens is 1. The first-order valence-corrected chi connectivity index (χ1v) is 7.31. The zero-order valence-electron chi connectivity index (χ0n) is 12.9. The number of carbonyl (C=O) groups excluding carboxylic acids is 2. The summed E-state index contributed by atoms with van der Waals surface area (Å²) in [5.74, 6) is -1.44. The molecule has 1 aromatic heterocycles. The van der Waals surface area contributed by atoms with E-state index in [0.29, 0.717) is 11.4 Å². The number of nitrogens with zero attached hydrogens (tertiary/aromatic N) is 1. The highest BCUT2D eigenvalue weighted by atomic mass is 19.1. The number of H-pyrrole nitrogens is 1. The molecule has 3 rings (SSSR count). The van der Waals surface area contributed by atoms with Crippen LogP contribution in [0.3, 0.4) is 0 Å². The molecule has 3 N–H and O–H groups in total. The van der Waals surface area contributed by atoms with Crippen molar-refractivity contribution in [2.75, 3.05) is 10.6 Å². The summed E-state index contributed by atoms with van der Waals surface area (Å²) in [6.07, 6.45) is -0.367. The van der Waals surface area contributed by atoms with Gasteiger partial charge in [-0.1, -0.05) is 6.07 Å². The van der Waals surface area contributed by atoms with Crippen molar-refractivity contribution in [3.63, 3.8) is 0 Å². The van der Waals surface area contributed by atoms with E-state index in [1.807, 2.05) is 13.0 Å². The molecule has 0 spiro atoms. The number of hydrogen-bond donors (Lipinski definition) is 3. The second-order valence-electron chi connectivity index (χ2n) is 5.36. The van der Waals surface area contributed by atoms with Crippen LogP contribution in [0.2, 0.25) is 0 Å². The Balaban J connectivity index is 1.60. The lowest BCUT2D eigenvalue weighted by Crippen LogP contribution is -2.21. The molecule has 0 fully saturated rings. The largest absolute Gasteiger partial charge is 0.326 e. The molecule has 0 unspecified atom stereocenters. The van der Waals surface area contributed by atoms with Crippen LogP contribution >= 0.6 is 0 Å². The van der Waals surface area contributed by atoms with E-state index in [0.717, 1.165) is 16.6 Å². The highest BCUT2D eigenvalue weighted by Crippen LogP contribution is 2.19. The Hall–Kier alpha value is -3.22. The van der Waals surface area contributed by atoms with E-state index < -0.39 is 17.6 Å². The normalized spacial score (nSPS) is 10.6. The van der Waals surface area contributed by atoms with Crippen molar-refractivity contribution in [1.29, 1.82) is 0 Å². The smallest absolute Gasteiger partial charge is 0.233 e. The molecule has 3 aromatic rings. The van der Waals surface area contributed by atoms with E-state index in [9.17, 15) is 14.0 Å². The molecule has 0 aliphatic carbocycles. The number of anilines is 2. The minimum Gasteiger partial charge on any atom is -0.326 e. The molecule has 0 aliphatic heterocycles. The first-order chi connectivity index (χ1) is 11.5. The summed E-state index contributed by atoms with van der Waals surface area (Å²) in [5, 5.41) is 13.1. The summed E-state index contributed by atoms with van der Waals surface area (Å²) in [7, 11) is 0. The maximum Gasteiger partial charge on any atom is 0.233 e. The monoisotopic (exact) mass is 326 g/mol. The van der Waals surface area contributed by atoms with E-state index >= 15 is 0 Å². The van der Waals surface area contributed by atoms with Gasteiger partial charge in [-0.15, -0.1) is 0 Å². The van der Waals surface area contributed by atoms with Gasteiger partial charge in [-0.3, -0.25) is 14.7 Å². The van der Waals surface area contributed by atoms with Crippen LogP contribution < -0.4 is 10.6 Å². The predicted octanol–water partition coefficient (Wildman–Crippen LogP) is 2.98. The second kappa shape index (κ2) is 6.49. The van der Waals surface area contributed by atoms with Gasteiger partial charge in [-0.25, -0.2) is 4.39 Å². The number of rotatable bonds is 4. The number of fused-ring (bicyclic) bond motifs is 1. The van der Waals surface area contributed by atoms with Crippen molar-refractivity contribution in [1.82, 2.24) is 10.2 Å². The van der Waals surface area contributed by atoms with Gasteiger partial charge in [0.15, 0.2) is 0 Å². The molecule has 0 bridgehead atoms. The van der Waals surface area contributed by atoms with Gasteiger partial charge < -0.3 is 10.6 Å². The SMILES string of the molecule is Cc1[nH]nc2cc(NC(=O)CC(=O)Nc3cccc(F)c3)ccc12. The first-order valence-electron chi connectivity index (χ1n) is 7.31. The predicted molar refractivity (Wildman–Crippen MR) is 89.1 cm³/mol. The molecule has 2 amide bonds. The van der Waals surface area contributed by atoms with Crippen molar-refractivity contribution < 1.29 is 14.0 Å². The van der Waals surface area contributed by atoms with Gasteiger partial charge in [0.2, 0.25) is 11.8 Å². The van der Waals surface area contributed by atoms with Gasteiger partial charge in [0, 0.05) is 22.5 Å². The van der Waals surface area contributed by atoms with Crippen molar-refractivity contribution in [3.8, 4) is 0 Å². The minimum absolute atomic E-state index is 0.307. The molecule has 7 heteroatoms. The van der Waals surface area contributed by atoms with E-state index in [4.69, 9.17) is 0 Å². The molecule has 1 heterocycles. The fourth-order valence-corrected chi connectivity index (χ4v) is 2.35. The topological polar surface area (TPSA) is 86.9 Å². The summed E-state index contributed by atoms with van der Waals surface area (Å²) in [6.45, 7) is 1.91. The maximum absolute atomic E-state index is 13.1. The molecule has 0 atom stereocenters. The number of hydrogen-bond acceptors (Lipinski definition) is 3. The van der Waals surface area contributed by atoms with Gasteiger partial charge in [0.05, 0.1) is 5.52 Å². The number of aromatic nitrogens is 2. The summed E-state index contributed by atoms with van der Waals surface area (Å²) < 4.78 is 13.1. The number of nitrogens with one attached hydrogen (secondary N) is 3. The Bertz CT molecular complexity index is 920. The van der Waals surface area contributed by atoms with Crippen LogP contribution in [0.1, 0.15) is 12.1 Å². The fraction of sp³-hybridized carbons (Fsp3) is 0.118. The zero-order valence-corrected chi connectivity index (χ0v) is 12.9. The molecular weight excluding hydrogens is 311 g/mol. The summed E-state index contributed by atoms with van der Waals surface area (Å²) in [6, 6.07) is 10.8. The van der Waals surface area contributed by atoms with E-state index in [2.05, 4.69) is 20.8 Å². The Kier molecular flexibility index (Phi) is 4.24. The molecular formula is C17H15FN4O2. The molecule has 122 valence electrons. The zero-order chi connectivity index (χ0) is 17.1. The Morgan fingerprint density at radius 1 is 1.08 bits per heavy atom. The number of benzene rings is 2. The second-order valence-corrected chi connectivity index (χ2v) is 5.36. The quantitative estimate of drug-likeness (QED) is 0.644. The van der Waals surface area contributed by atoms with Gasteiger partial charge in [0.1, 0.15) is 12.2 Å². The van der Waals surface area contributed by atoms with Crippen molar-refractivity contribution >= 4 is 34.1 Å². The standard InChI is InChI=1S/C17H15FN4O2/c1-10-14-6-5-13(8-15(14)22-21-10)20-17(24)9-16(23)19-12-4-2-3-11(18)7-12/h2-8H,9H2,1H3,(H,19,23)(H,20,24)(H,21,22). The van der Waals surface area contributed by atoms with Crippen LogP contribution in [0.4, 0.5) is 15.8 Å². The van der Waals surface area contributed by atoms with E-state index in [1.54, 1.807) is 18.2 Å². The van der Waals surface area contributed by atoms with Crippen molar-refractivity contribution in [3.05, 3.63) is 54.0 Å². The molecule has 6 nitrogen and oxygen atoms in total. The summed E-state index contributed by atoms with van der Waals surface area (Å²) >= 11 is 0. The molecule has 0 aliphatic rings. The Labute approximate surface area is 137 Å². The lowest BCUT2D eigenvalue weighted by Gasteiger charge is -2.07.